The largest absolute Gasteiger partial charge is 0.342 e. The lowest BCUT2D eigenvalue weighted by Gasteiger charge is -2.36. The van der Waals surface area contributed by atoms with Crippen LogP contribution in [-0.2, 0) is 4.79 Å². The maximum Gasteiger partial charge on any atom is 0.236 e. The Hall–Kier alpha value is -0.610. The van der Waals surface area contributed by atoms with Gasteiger partial charge in [0.05, 0.1) is 6.54 Å². The van der Waals surface area contributed by atoms with E-state index >= 15 is 0 Å². The Bertz CT molecular complexity index is 241. The fraction of sp³-hybridized carbons (Fsp3) is 0.923. The fourth-order valence-electron chi connectivity index (χ4n) is 2.36. The number of hydrogen-bond acceptors (Lipinski definition) is 3. The van der Waals surface area contributed by atoms with E-state index in [0.29, 0.717) is 12.6 Å². The fourth-order valence-corrected chi connectivity index (χ4v) is 2.36. The van der Waals surface area contributed by atoms with Gasteiger partial charge in [-0.2, -0.15) is 0 Å². The van der Waals surface area contributed by atoms with Gasteiger partial charge in [-0.05, 0) is 46.2 Å². The van der Waals surface area contributed by atoms with Gasteiger partial charge in [0.25, 0.3) is 0 Å². The van der Waals surface area contributed by atoms with Crippen molar-refractivity contribution in [2.24, 2.45) is 5.73 Å². The van der Waals surface area contributed by atoms with Crippen molar-refractivity contribution in [3.05, 3.63) is 0 Å². The van der Waals surface area contributed by atoms with Crippen LogP contribution in [0, 0.1) is 0 Å². The topological polar surface area (TPSA) is 49.6 Å². The molecule has 0 radical (unpaired) electrons. The standard InChI is InChI=1S/C13H27N3O/c1-11(2)15(3)13(17)10-16-9-5-4-6-12(16)7-8-14/h11-12H,4-10,14H2,1-3H3. The first kappa shape index (κ1) is 14.5. The number of piperidine rings is 1. The summed E-state index contributed by atoms with van der Waals surface area (Å²) in [5, 5.41) is 0. The van der Waals surface area contributed by atoms with Crippen LogP contribution in [0.3, 0.4) is 0 Å². The maximum atomic E-state index is 12.1. The first-order valence-electron chi connectivity index (χ1n) is 6.76. The van der Waals surface area contributed by atoms with E-state index in [2.05, 4.69) is 4.90 Å². The quantitative estimate of drug-likeness (QED) is 0.783. The molecule has 1 atom stereocenters. The predicted molar refractivity (Wildman–Crippen MR) is 70.8 cm³/mol. The van der Waals surface area contributed by atoms with Crippen molar-refractivity contribution in [3.8, 4) is 0 Å². The van der Waals surface area contributed by atoms with Crippen molar-refractivity contribution in [2.45, 2.75) is 51.6 Å². The molecule has 0 spiro atoms. The average molecular weight is 241 g/mol. The van der Waals surface area contributed by atoms with Gasteiger partial charge in [-0.15, -0.1) is 0 Å². The average Bonchev–Trinajstić information content (AvgIpc) is 2.30. The van der Waals surface area contributed by atoms with Gasteiger partial charge in [0, 0.05) is 19.1 Å². The molecule has 0 bridgehead atoms. The number of amides is 1. The van der Waals surface area contributed by atoms with Crippen molar-refractivity contribution >= 4 is 5.91 Å². The van der Waals surface area contributed by atoms with Crippen molar-refractivity contribution in [1.82, 2.24) is 9.80 Å². The number of carbonyl (C=O) groups is 1. The Morgan fingerprint density at radius 2 is 2.18 bits per heavy atom. The summed E-state index contributed by atoms with van der Waals surface area (Å²) in [6.45, 7) is 6.41. The van der Waals surface area contributed by atoms with Crippen LogP contribution in [0.1, 0.15) is 39.5 Å². The summed E-state index contributed by atoms with van der Waals surface area (Å²) < 4.78 is 0. The van der Waals surface area contributed by atoms with Gasteiger partial charge in [0.2, 0.25) is 5.91 Å². The molecule has 1 amide bonds. The molecule has 2 N–H and O–H groups in total. The van der Waals surface area contributed by atoms with E-state index < -0.39 is 0 Å². The van der Waals surface area contributed by atoms with Crippen LogP contribution in [0.2, 0.25) is 0 Å². The van der Waals surface area contributed by atoms with E-state index in [1.807, 2.05) is 25.8 Å². The lowest BCUT2D eigenvalue weighted by Crippen LogP contribution is -2.47. The number of hydrogen-bond donors (Lipinski definition) is 1. The SMILES string of the molecule is CC(C)N(C)C(=O)CN1CCCCC1CCN. The molecule has 0 aromatic heterocycles. The van der Waals surface area contributed by atoms with Gasteiger partial charge in [-0.1, -0.05) is 6.42 Å². The first-order chi connectivity index (χ1) is 8.06. The highest BCUT2D eigenvalue weighted by Gasteiger charge is 2.25. The van der Waals surface area contributed by atoms with Crippen molar-refractivity contribution < 1.29 is 4.79 Å². The van der Waals surface area contributed by atoms with Crippen LogP contribution in [0.4, 0.5) is 0 Å². The number of carbonyl (C=O) groups excluding carboxylic acids is 1. The van der Waals surface area contributed by atoms with E-state index in [1.54, 1.807) is 0 Å². The lowest BCUT2D eigenvalue weighted by molar-refractivity contribution is -0.133. The molecule has 4 nitrogen and oxygen atoms in total. The Kier molecular flexibility index (Phi) is 5.92. The second kappa shape index (κ2) is 6.97. The van der Waals surface area contributed by atoms with Crippen LogP contribution in [0.25, 0.3) is 0 Å². The molecule has 1 fully saturated rings. The molecule has 0 saturated carbocycles. The molecule has 17 heavy (non-hydrogen) atoms. The van der Waals surface area contributed by atoms with Gasteiger partial charge in [0.1, 0.15) is 0 Å². The summed E-state index contributed by atoms with van der Waals surface area (Å²) in [4.78, 5) is 16.2. The van der Waals surface area contributed by atoms with Crippen molar-refractivity contribution in [3.63, 3.8) is 0 Å². The van der Waals surface area contributed by atoms with Crippen LogP contribution >= 0.6 is 0 Å². The zero-order chi connectivity index (χ0) is 12.8. The number of rotatable bonds is 5. The van der Waals surface area contributed by atoms with Crippen LogP contribution in [-0.4, -0.2) is 54.5 Å². The number of nitrogens with two attached hydrogens (primary N) is 1. The third-order valence-corrected chi connectivity index (χ3v) is 3.76. The molecule has 0 aliphatic carbocycles. The molecule has 0 aromatic carbocycles. The van der Waals surface area contributed by atoms with Gasteiger partial charge >= 0.3 is 0 Å². The lowest BCUT2D eigenvalue weighted by atomic mass is 9.99. The minimum atomic E-state index is 0.226. The molecule has 1 aliphatic heterocycles. The summed E-state index contributed by atoms with van der Waals surface area (Å²) in [7, 11) is 1.88. The summed E-state index contributed by atoms with van der Waals surface area (Å²) in [6.07, 6.45) is 4.68. The second-order valence-corrected chi connectivity index (χ2v) is 5.30. The molecule has 4 heteroatoms. The van der Waals surface area contributed by atoms with Crippen molar-refractivity contribution in [2.75, 3.05) is 26.7 Å². The summed E-state index contributed by atoms with van der Waals surface area (Å²) >= 11 is 0. The molecular formula is C13H27N3O. The van der Waals surface area contributed by atoms with E-state index in [9.17, 15) is 4.79 Å². The Balaban J connectivity index is 2.49. The highest BCUT2D eigenvalue weighted by Crippen LogP contribution is 2.19. The van der Waals surface area contributed by atoms with Gasteiger partial charge in [-0.25, -0.2) is 0 Å². The molecule has 1 aliphatic rings. The molecular weight excluding hydrogens is 214 g/mol. The highest BCUT2D eigenvalue weighted by atomic mass is 16.2. The summed E-state index contributed by atoms with van der Waals surface area (Å²) in [5.41, 5.74) is 5.64. The van der Waals surface area contributed by atoms with Crippen LogP contribution < -0.4 is 5.73 Å². The maximum absolute atomic E-state index is 12.1. The first-order valence-corrected chi connectivity index (χ1v) is 6.76. The second-order valence-electron chi connectivity index (χ2n) is 5.30. The molecule has 100 valence electrons. The van der Waals surface area contributed by atoms with Crippen LogP contribution in [0.15, 0.2) is 0 Å². The van der Waals surface area contributed by atoms with Crippen LogP contribution in [0.5, 0.6) is 0 Å². The summed E-state index contributed by atoms with van der Waals surface area (Å²) in [6, 6.07) is 0.790. The van der Waals surface area contributed by atoms with E-state index in [-0.39, 0.29) is 11.9 Å². The zero-order valence-electron chi connectivity index (χ0n) is 11.5. The molecule has 0 aromatic rings. The third-order valence-electron chi connectivity index (χ3n) is 3.76. The minimum absolute atomic E-state index is 0.226. The van der Waals surface area contributed by atoms with Crippen molar-refractivity contribution in [1.29, 1.82) is 0 Å². The highest BCUT2D eigenvalue weighted by molar-refractivity contribution is 5.78. The summed E-state index contributed by atoms with van der Waals surface area (Å²) in [5.74, 6) is 0.226. The van der Waals surface area contributed by atoms with Gasteiger partial charge < -0.3 is 10.6 Å². The van der Waals surface area contributed by atoms with E-state index in [1.165, 1.54) is 19.3 Å². The third kappa shape index (κ3) is 4.28. The molecule has 1 saturated heterocycles. The number of likely N-dealkylation sites (tertiary alicyclic amines) is 1. The monoisotopic (exact) mass is 241 g/mol. The molecule has 1 heterocycles. The van der Waals surface area contributed by atoms with Gasteiger partial charge in [0.15, 0.2) is 0 Å². The zero-order valence-corrected chi connectivity index (χ0v) is 11.5. The minimum Gasteiger partial charge on any atom is -0.342 e. The number of nitrogens with zero attached hydrogens (tertiary/aromatic N) is 2. The molecule has 1 unspecified atom stereocenters. The van der Waals surface area contributed by atoms with Gasteiger partial charge in [-0.3, -0.25) is 9.69 Å². The normalized spacial score (nSPS) is 21.8. The van der Waals surface area contributed by atoms with E-state index in [0.717, 1.165) is 19.5 Å². The predicted octanol–water partition coefficient (Wildman–Crippen LogP) is 1.06. The molecule has 1 rings (SSSR count). The van der Waals surface area contributed by atoms with E-state index in [4.69, 9.17) is 5.73 Å². The Labute approximate surface area is 105 Å². The number of likely N-dealkylation sites (N-methyl/N-ethyl adjacent to an activating group) is 1. The Morgan fingerprint density at radius 1 is 1.47 bits per heavy atom. The Morgan fingerprint density at radius 3 is 2.76 bits per heavy atom. The smallest absolute Gasteiger partial charge is 0.236 e.